The van der Waals surface area contributed by atoms with Crippen molar-refractivity contribution >= 4 is 50.6 Å². The average Bonchev–Trinajstić information content (AvgIpc) is 3.04. The van der Waals surface area contributed by atoms with Gasteiger partial charge in [-0.2, -0.15) is 4.98 Å². The van der Waals surface area contributed by atoms with E-state index in [4.69, 9.17) is 9.47 Å². The van der Waals surface area contributed by atoms with Gasteiger partial charge >= 0.3 is 0 Å². The van der Waals surface area contributed by atoms with E-state index >= 15 is 8.78 Å². The number of likely N-dealkylation sites (N-methyl/N-ethyl adjacent to an activating group) is 1. The topological polar surface area (TPSA) is 115 Å². The van der Waals surface area contributed by atoms with Crippen LogP contribution in [-0.4, -0.2) is 107 Å². The molecule has 2 saturated heterocycles. The van der Waals surface area contributed by atoms with Crippen LogP contribution in [0.15, 0.2) is 37.0 Å². The summed E-state index contributed by atoms with van der Waals surface area (Å²) in [6.45, 7) is 9.68. The zero-order valence-electron chi connectivity index (χ0n) is 26.8. The minimum atomic E-state index is -3.68. The number of piperidine rings is 1. The lowest BCUT2D eigenvalue weighted by Gasteiger charge is -2.42. The van der Waals surface area contributed by atoms with E-state index in [2.05, 4.69) is 44.0 Å². The van der Waals surface area contributed by atoms with Crippen LogP contribution in [0.25, 0.3) is 6.08 Å². The average molecular weight is 671 g/mol. The number of halogens is 2. The maximum atomic E-state index is 15.5. The number of piperazine rings is 1. The molecule has 0 bridgehead atoms. The number of nitrogens with zero attached hydrogens (tertiary/aromatic N) is 6. The predicted octanol–water partition coefficient (Wildman–Crippen LogP) is 4.27. The molecule has 0 aliphatic carbocycles. The van der Waals surface area contributed by atoms with Gasteiger partial charge < -0.3 is 29.9 Å². The second-order valence-electron chi connectivity index (χ2n) is 12.0. The lowest BCUT2D eigenvalue weighted by molar-refractivity contribution is 0.0980. The lowest BCUT2D eigenvalue weighted by atomic mass is 10.0. The van der Waals surface area contributed by atoms with Crippen LogP contribution in [-0.2, 0) is 10.0 Å². The number of hydrogen-bond acceptors (Lipinski definition) is 11. The van der Waals surface area contributed by atoms with Gasteiger partial charge in [0.2, 0.25) is 16.0 Å². The Bertz CT molecular complexity index is 1720. The highest BCUT2D eigenvalue weighted by molar-refractivity contribution is 7.92. The van der Waals surface area contributed by atoms with Gasteiger partial charge in [-0.05, 0) is 44.2 Å². The molecule has 3 aliphatic heterocycles. The van der Waals surface area contributed by atoms with E-state index in [0.717, 1.165) is 49.6 Å². The van der Waals surface area contributed by atoms with Crippen LogP contribution in [0.5, 0.6) is 11.5 Å². The van der Waals surface area contributed by atoms with Crippen LogP contribution in [0.3, 0.4) is 0 Å². The third kappa shape index (κ3) is 7.06. The fraction of sp³-hybridized carbons (Fsp3) is 0.438. The Labute approximate surface area is 274 Å². The third-order valence-corrected chi connectivity index (χ3v) is 10.1. The van der Waals surface area contributed by atoms with E-state index in [1.165, 1.54) is 31.5 Å². The number of nitrogens with one attached hydrogen (secondary N) is 2. The molecular weight excluding hydrogens is 630 g/mol. The lowest BCUT2D eigenvalue weighted by Crippen LogP contribution is -2.52. The molecule has 0 spiro atoms. The number of fused-ring (bicyclic) bond motifs is 1. The number of sulfonamides is 1. The summed E-state index contributed by atoms with van der Waals surface area (Å²) in [5, 5.41) is 6.06. The highest BCUT2D eigenvalue weighted by Gasteiger charge is 2.30. The van der Waals surface area contributed by atoms with E-state index in [0.29, 0.717) is 42.7 Å². The van der Waals surface area contributed by atoms with Crippen molar-refractivity contribution in [1.29, 1.82) is 0 Å². The van der Waals surface area contributed by atoms with Gasteiger partial charge in [0.15, 0.2) is 23.1 Å². The molecule has 2 fully saturated rings. The second kappa shape index (κ2) is 13.5. The van der Waals surface area contributed by atoms with Crippen molar-refractivity contribution < 1.29 is 26.7 Å². The van der Waals surface area contributed by atoms with Gasteiger partial charge in [0.05, 0.1) is 11.9 Å². The summed E-state index contributed by atoms with van der Waals surface area (Å²) < 4.78 is 68.6. The Kier molecular flexibility index (Phi) is 9.39. The molecule has 2 aromatic carbocycles. The molecule has 15 heteroatoms. The first-order valence-electron chi connectivity index (χ1n) is 15.6. The Morgan fingerprint density at radius 2 is 1.70 bits per heavy atom. The van der Waals surface area contributed by atoms with Crippen molar-refractivity contribution in [3.63, 3.8) is 0 Å². The predicted molar refractivity (Wildman–Crippen MR) is 180 cm³/mol. The first-order valence-corrected chi connectivity index (χ1v) is 17.4. The van der Waals surface area contributed by atoms with Crippen molar-refractivity contribution in [1.82, 2.24) is 19.8 Å². The van der Waals surface area contributed by atoms with E-state index in [9.17, 15) is 8.42 Å². The molecule has 12 nitrogen and oxygen atoms in total. The molecule has 2 N–H and O–H groups in total. The standard InChI is InChI=1S/C32H40F2N8O4S/c1-5-21-20-35-32(38-31(21)37-26-6-7-27-30(46-17-16-45-27)29(26)40(3)47(4,43)44)36-22-18-24(33)28(25(34)19-22)42-10-8-23(9-11-42)41-14-12-39(2)13-15-41/h5-7,18-20,23H,1,8-17H2,2-4H3,(H2,35,36,37,38). The van der Waals surface area contributed by atoms with E-state index in [1.807, 2.05) is 0 Å². The molecule has 0 atom stereocenters. The quantitative estimate of drug-likeness (QED) is 0.340. The molecule has 0 radical (unpaired) electrons. The Balaban J connectivity index is 1.21. The number of aromatic nitrogens is 2. The third-order valence-electron chi connectivity index (χ3n) is 8.89. The zero-order valence-corrected chi connectivity index (χ0v) is 27.6. The minimum absolute atomic E-state index is 0.0289. The summed E-state index contributed by atoms with van der Waals surface area (Å²) in [4.78, 5) is 15.4. The van der Waals surface area contributed by atoms with Crippen molar-refractivity contribution in [2.75, 3.05) is 92.7 Å². The van der Waals surface area contributed by atoms with Gasteiger partial charge in [-0.15, -0.1) is 0 Å². The molecular formula is C32H40F2N8O4S. The molecule has 6 rings (SSSR count). The van der Waals surface area contributed by atoms with Crippen molar-refractivity contribution in [2.45, 2.75) is 18.9 Å². The summed E-state index contributed by atoms with van der Waals surface area (Å²) in [5.74, 6) is -0.316. The smallest absolute Gasteiger partial charge is 0.232 e. The fourth-order valence-electron chi connectivity index (χ4n) is 6.22. The van der Waals surface area contributed by atoms with E-state index < -0.39 is 21.7 Å². The van der Waals surface area contributed by atoms with E-state index in [1.54, 1.807) is 17.0 Å². The maximum Gasteiger partial charge on any atom is 0.232 e. The molecule has 4 heterocycles. The molecule has 3 aromatic rings. The van der Waals surface area contributed by atoms with Gasteiger partial charge in [-0.3, -0.25) is 9.21 Å². The zero-order chi connectivity index (χ0) is 33.3. The van der Waals surface area contributed by atoms with Crippen LogP contribution >= 0.6 is 0 Å². The normalized spacial score (nSPS) is 17.8. The minimum Gasteiger partial charge on any atom is -0.486 e. The van der Waals surface area contributed by atoms with Crippen LogP contribution < -0.4 is 29.3 Å². The summed E-state index contributed by atoms with van der Waals surface area (Å²) in [7, 11) is -0.142. The van der Waals surface area contributed by atoms with Crippen LogP contribution in [0.4, 0.5) is 43.3 Å². The van der Waals surface area contributed by atoms with Crippen LogP contribution in [0, 0.1) is 11.6 Å². The number of anilines is 6. The van der Waals surface area contributed by atoms with Crippen LogP contribution in [0.1, 0.15) is 18.4 Å². The summed E-state index contributed by atoms with van der Waals surface area (Å²) >= 11 is 0. The van der Waals surface area contributed by atoms with E-state index in [-0.39, 0.29) is 41.2 Å². The molecule has 3 aliphatic rings. The Morgan fingerprint density at radius 1 is 1.02 bits per heavy atom. The molecule has 0 amide bonds. The maximum absolute atomic E-state index is 15.5. The van der Waals surface area contributed by atoms with Crippen molar-refractivity contribution in [2.24, 2.45) is 0 Å². The summed E-state index contributed by atoms with van der Waals surface area (Å²) in [6.07, 6.45) is 5.82. The second-order valence-corrected chi connectivity index (χ2v) is 14.0. The number of rotatable bonds is 9. The Hall–Kier alpha value is -4.21. The van der Waals surface area contributed by atoms with Crippen LogP contribution in [0.2, 0.25) is 0 Å². The first kappa shape index (κ1) is 32.7. The Morgan fingerprint density at radius 3 is 2.36 bits per heavy atom. The number of benzene rings is 2. The number of ether oxygens (including phenoxy) is 2. The van der Waals surface area contributed by atoms with Gasteiger partial charge in [0, 0.05) is 69.8 Å². The van der Waals surface area contributed by atoms with Gasteiger partial charge in [-0.25, -0.2) is 22.2 Å². The van der Waals surface area contributed by atoms with Crippen molar-refractivity contribution in [3.05, 3.63) is 54.2 Å². The molecule has 0 unspecified atom stereocenters. The number of hydrogen-bond donors (Lipinski definition) is 2. The van der Waals surface area contributed by atoms with Gasteiger partial charge in [0.25, 0.3) is 0 Å². The summed E-state index contributed by atoms with van der Waals surface area (Å²) in [6, 6.07) is 6.23. The SMILES string of the molecule is C=Cc1cnc(Nc2cc(F)c(N3CCC(N4CCN(C)CC4)CC3)c(F)c2)nc1Nc1ccc2c(c1N(C)S(C)(=O)=O)OCCO2. The fourth-order valence-corrected chi connectivity index (χ4v) is 6.73. The van der Waals surface area contributed by atoms with Crippen molar-refractivity contribution in [3.8, 4) is 11.5 Å². The molecule has 47 heavy (non-hydrogen) atoms. The summed E-state index contributed by atoms with van der Waals surface area (Å²) in [5.41, 5.74) is 1.22. The highest BCUT2D eigenvalue weighted by Crippen LogP contribution is 2.46. The molecule has 252 valence electrons. The molecule has 1 aromatic heterocycles. The van der Waals surface area contributed by atoms with Gasteiger partial charge in [0.1, 0.15) is 30.4 Å². The highest BCUT2D eigenvalue weighted by atomic mass is 32.2. The first-order chi connectivity index (χ1) is 22.5. The molecule has 0 saturated carbocycles. The largest absolute Gasteiger partial charge is 0.486 e. The van der Waals surface area contributed by atoms with Gasteiger partial charge in [-0.1, -0.05) is 12.7 Å². The monoisotopic (exact) mass is 670 g/mol.